The van der Waals surface area contributed by atoms with E-state index in [1.807, 2.05) is 0 Å². The lowest BCUT2D eigenvalue weighted by Crippen LogP contribution is -2.50. The summed E-state index contributed by atoms with van der Waals surface area (Å²) in [7, 11) is 1.67. The number of aromatic nitrogens is 1. The van der Waals surface area contributed by atoms with Crippen molar-refractivity contribution in [2.24, 2.45) is 0 Å². The number of methoxy groups -OCH3 is 1. The second kappa shape index (κ2) is 7.97. The van der Waals surface area contributed by atoms with E-state index in [-0.39, 0.29) is 17.4 Å². The highest BCUT2D eigenvalue weighted by Crippen LogP contribution is 2.25. The fraction of sp³-hybridized carbons (Fsp3) is 0.684. The van der Waals surface area contributed by atoms with Gasteiger partial charge in [0.05, 0.1) is 7.11 Å². The number of carbonyl (C=O) groups excluding carboxylic acids is 1. The standard InChI is InChI=1S/C19H31N3O2/c1-13(23)21-16-9-7-6-8-15(16)20-12-14-10-11-17(19(2,3)4)22-18(14)24-5/h10-11,15-16,20H,6-9,12H2,1-5H3,(H,21,23). The molecule has 2 rings (SSSR count). The van der Waals surface area contributed by atoms with Crippen molar-refractivity contribution in [2.75, 3.05) is 7.11 Å². The molecule has 1 aliphatic carbocycles. The molecule has 0 radical (unpaired) electrons. The van der Waals surface area contributed by atoms with Crippen LogP contribution in [0, 0.1) is 0 Å². The Labute approximate surface area is 145 Å². The molecule has 1 saturated carbocycles. The first-order chi connectivity index (χ1) is 11.3. The Morgan fingerprint density at radius 3 is 2.50 bits per heavy atom. The van der Waals surface area contributed by atoms with Crippen molar-refractivity contribution in [2.45, 2.75) is 77.4 Å². The zero-order chi connectivity index (χ0) is 17.7. The number of ether oxygens (including phenoxy) is 1. The summed E-state index contributed by atoms with van der Waals surface area (Å²) in [6, 6.07) is 4.68. The maximum atomic E-state index is 11.4. The van der Waals surface area contributed by atoms with Crippen molar-refractivity contribution in [1.82, 2.24) is 15.6 Å². The van der Waals surface area contributed by atoms with Crippen molar-refractivity contribution in [1.29, 1.82) is 0 Å². The summed E-state index contributed by atoms with van der Waals surface area (Å²) >= 11 is 0. The minimum atomic E-state index is -0.000882. The van der Waals surface area contributed by atoms with Crippen LogP contribution in [0.5, 0.6) is 5.88 Å². The largest absolute Gasteiger partial charge is 0.481 e. The van der Waals surface area contributed by atoms with Crippen molar-refractivity contribution in [3.8, 4) is 5.88 Å². The van der Waals surface area contributed by atoms with Gasteiger partial charge in [-0.3, -0.25) is 4.79 Å². The summed E-state index contributed by atoms with van der Waals surface area (Å²) in [4.78, 5) is 16.1. The normalized spacial score (nSPS) is 21.4. The van der Waals surface area contributed by atoms with Gasteiger partial charge in [0.25, 0.3) is 0 Å². The number of hydrogen-bond donors (Lipinski definition) is 2. The highest BCUT2D eigenvalue weighted by atomic mass is 16.5. The summed E-state index contributed by atoms with van der Waals surface area (Å²) < 4.78 is 5.49. The van der Waals surface area contributed by atoms with Crippen LogP contribution in [-0.4, -0.2) is 30.1 Å². The summed E-state index contributed by atoms with van der Waals surface area (Å²) in [5.74, 6) is 0.726. The van der Waals surface area contributed by atoms with Gasteiger partial charge < -0.3 is 15.4 Å². The molecule has 1 aromatic heterocycles. The topological polar surface area (TPSA) is 63.2 Å². The molecular formula is C19H31N3O2. The summed E-state index contributed by atoms with van der Waals surface area (Å²) in [6.07, 6.45) is 4.50. The van der Waals surface area contributed by atoms with Crippen LogP contribution in [0.4, 0.5) is 0 Å². The Bertz CT molecular complexity index is 566. The Morgan fingerprint density at radius 1 is 1.25 bits per heavy atom. The minimum absolute atomic E-state index is 0.000882. The van der Waals surface area contributed by atoms with Gasteiger partial charge in [0, 0.05) is 42.2 Å². The molecule has 0 saturated heterocycles. The third-order valence-corrected chi connectivity index (χ3v) is 4.61. The summed E-state index contributed by atoms with van der Waals surface area (Å²) in [5, 5.41) is 6.67. The molecule has 2 N–H and O–H groups in total. The van der Waals surface area contributed by atoms with Crippen LogP contribution in [0.25, 0.3) is 0 Å². The first-order valence-electron chi connectivity index (χ1n) is 8.86. The minimum Gasteiger partial charge on any atom is -0.481 e. The van der Waals surface area contributed by atoms with Crippen LogP contribution >= 0.6 is 0 Å². The monoisotopic (exact) mass is 333 g/mol. The number of rotatable bonds is 5. The number of pyridine rings is 1. The Morgan fingerprint density at radius 2 is 1.92 bits per heavy atom. The Kier molecular flexibility index (Phi) is 6.21. The van der Waals surface area contributed by atoms with E-state index < -0.39 is 0 Å². The van der Waals surface area contributed by atoms with E-state index in [0.717, 1.165) is 24.1 Å². The molecule has 1 heterocycles. The number of hydrogen-bond acceptors (Lipinski definition) is 4. The summed E-state index contributed by atoms with van der Waals surface area (Å²) in [5.41, 5.74) is 2.08. The Hall–Kier alpha value is -1.62. The lowest BCUT2D eigenvalue weighted by Gasteiger charge is -2.33. The van der Waals surface area contributed by atoms with E-state index in [1.54, 1.807) is 14.0 Å². The number of carbonyl (C=O) groups is 1. The molecule has 24 heavy (non-hydrogen) atoms. The molecule has 0 aromatic carbocycles. The maximum absolute atomic E-state index is 11.4. The maximum Gasteiger partial charge on any atom is 0.217 e. The van der Waals surface area contributed by atoms with Crippen molar-refractivity contribution in [3.63, 3.8) is 0 Å². The fourth-order valence-electron chi connectivity index (χ4n) is 3.25. The molecular weight excluding hydrogens is 302 g/mol. The van der Waals surface area contributed by atoms with Gasteiger partial charge in [-0.2, -0.15) is 0 Å². The average Bonchev–Trinajstić information content (AvgIpc) is 2.52. The highest BCUT2D eigenvalue weighted by Gasteiger charge is 2.26. The molecule has 134 valence electrons. The van der Waals surface area contributed by atoms with Crippen LogP contribution in [0.3, 0.4) is 0 Å². The van der Waals surface area contributed by atoms with E-state index in [1.165, 1.54) is 12.8 Å². The van der Waals surface area contributed by atoms with E-state index in [4.69, 9.17) is 4.74 Å². The molecule has 2 unspecified atom stereocenters. The van der Waals surface area contributed by atoms with E-state index in [9.17, 15) is 4.79 Å². The molecule has 1 fully saturated rings. The molecule has 0 spiro atoms. The quantitative estimate of drug-likeness (QED) is 0.870. The van der Waals surface area contributed by atoms with Crippen LogP contribution < -0.4 is 15.4 Å². The van der Waals surface area contributed by atoms with Gasteiger partial charge in [-0.25, -0.2) is 4.98 Å². The first kappa shape index (κ1) is 18.7. The smallest absolute Gasteiger partial charge is 0.217 e. The van der Waals surface area contributed by atoms with Gasteiger partial charge in [-0.05, 0) is 18.9 Å². The predicted molar refractivity (Wildman–Crippen MR) is 96.2 cm³/mol. The number of nitrogens with zero attached hydrogens (tertiary/aromatic N) is 1. The lowest BCUT2D eigenvalue weighted by atomic mass is 9.90. The highest BCUT2D eigenvalue weighted by molar-refractivity contribution is 5.73. The third-order valence-electron chi connectivity index (χ3n) is 4.61. The van der Waals surface area contributed by atoms with Gasteiger partial charge >= 0.3 is 0 Å². The zero-order valence-electron chi connectivity index (χ0n) is 15.6. The predicted octanol–water partition coefficient (Wildman–Crippen LogP) is 2.92. The van der Waals surface area contributed by atoms with Crippen LogP contribution in [-0.2, 0) is 16.8 Å². The van der Waals surface area contributed by atoms with Gasteiger partial charge in [-0.15, -0.1) is 0 Å². The molecule has 0 aliphatic heterocycles. The number of nitrogens with one attached hydrogen (secondary N) is 2. The van der Waals surface area contributed by atoms with Crippen LogP contribution in [0.2, 0.25) is 0 Å². The first-order valence-corrected chi connectivity index (χ1v) is 8.86. The van der Waals surface area contributed by atoms with Gasteiger partial charge in [0.2, 0.25) is 11.8 Å². The second-order valence-corrected chi connectivity index (χ2v) is 7.69. The van der Waals surface area contributed by atoms with Gasteiger partial charge in [-0.1, -0.05) is 39.7 Å². The third kappa shape index (κ3) is 4.94. The van der Waals surface area contributed by atoms with E-state index in [0.29, 0.717) is 18.5 Å². The SMILES string of the molecule is COc1nc(C(C)(C)C)ccc1CNC1CCCCC1NC(C)=O. The van der Waals surface area contributed by atoms with Crippen molar-refractivity contribution < 1.29 is 9.53 Å². The van der Waals surface area contributed by atoms with Crippen LogP contribution in [0.1, 0.15) is 64.6 Å². The molecule has 1 amide bonds. The Balaban J connectivity index is 2.06. The fourth-order valence-corrected chi connectivity index (χ4v) is 3.25. The second-order valence-electron chi connectivity index (χ2n) is 7.69. The van der Waals surface area contributed by atoms with Gasteiger partial charge in [0.15, 0.2) is 0 Å². The van der Waals surface area contributed by atoms with Crippen molar-refractivity contribution >= 4 is 5.91 Å². The molecule has 5 nitrogen and oxygen atoms in total. The molecule has 1 aromatic rings. The van der Waals surface area contributed by atoms with E-state index >= 15 is 0 Å². The van der Waals surface area contributed by atoms with Crippen LogP contribution in [0.15, 0.2) is 12.1 Å². The van der Waals surface area contributed by atoms with E-state index in [2.05, 4.69) is 48.5 Å². The number of amides is 1. The zero-order valence-corrected chi connectivity index (χ0v) is 15.6. The summed E-state index contributed by atoms with van der Waals surface area (Å²) in [6.45, 7) is 8.72. The molecule has 5 heteroatoms. The van der Waals surface area contributed by atoms with Crippen molar-refractivity contribution in [3.05, 3.63) is 23.4 Å². The molecule has 1 aliphatic rings. The van der Waals surface area contributed by atoms with Gasteiger partial charge in [0.1, 0.15) is 0 Å². The average molecular weight is 333 g/mol. The molecule has 2 atom stereocenters. The lowest BCUT2D eigenvalue weighted by molar-refractivity contribution is -0.120. The molecule has 0 bridgehead atoms.